The molecule has 0 spiro atoms. The number of carbonyl (C=O) groups excluding carboxylic acids is 1. The van der Waals surface area contributed by atoms with Crippen molar-refractivity contribution in [1.82, 2.24) is 5.01 Å². The van der Waals surface area contributed by atoms with Crippen molar-refractivity contribution in [3.8, 4) is 11.5 Å². The topological polar surface area (TPSA) is 63.2 Å². The van der Waals surface area contributed by atoms with E-state index >= 15 is 0 Å². The SMILES string of the molecule is COc1ccc(/C=N/N2C(=O)c3ccccc3NC2c2ccc(OC)cc2)cc1. The number of ether oxygens (including phenoxy) is 2. The maximum absolute atomic E-state index is 13.2. The molecule has 3 aromatic carbocycles. The van der Waals surface area contributed by atoms with Crippen molar-refractivity contribution in [3.63, 3.8) is 0 Å². The van der Waals surface area contributed by atoms with Gasteiger partial charge in [-0.15, -0.1) is 0 Å². The van der Waals surface area contributed by atoms with Gasteiger partial charge in [-0.1, -0.05) is 24.3 Å². The average molecular weight is 387 g/mol. The first-order valence-electron chi connectivity index (χ1n) is 9.20. The van der Waals surface area contributed by atoms with Crippen LogP contribution in [-0.4, -0.2) is 31.4 Å². The fraction of sp³-hybridized carbons (Fsp3) is 0.130. The quantitative estimate of drug-likeness (QED) is 0.663. The van der Waals surface area contributed by atoms with Crippen LogP contribution in [0.4, 0.5) is 5.69 Å². The van der Waals surface area contributed by atoms with Gasteiger partial charge in [0.25, 0.3) is 5.91 Å². The van der Waals surface area contributed by atoms with Gasteiger partial charge in [0, 0.05) is 5.69 Å². The van der Waals surface area contributed by atoms with E-state index in [1.54, 1.807) is 26.5 Å². The van der Waals surface area contributed by atoms with E-state index in [0.29, 0.717) is 5.56 Å². The van der Waals surface area contributed by atoms with Gasteiger partial charge in [0.2, 0.25) is 0 Å². The van der Waals surface area contributed by atoms with Crippen LogP contribution >= 0.6 is 0 Å². The molecule has 0 aromatic heterocycles. The van der Waals surface area contributed by atoms with Gasteiger partial charge < -0.3 is 14.8 Å². The zero-order valence-electron chi connectivity index (χ0n) is 16.2. The molecule has 0 saturated carbocycles. The molecule has 1 amide bonds. The number of amides is 1. The lowest BCUT2D eigenvalue weighted by Gasteiger charge is -2.34. The first kappa shape index (κ1) is 18.6. The summed E-state index contributed by atoms with van der Waals surface area (Å²) in [6, 6.07) is 22.5. The predicted octanol–water partition coefficient (Wildman–Crippen LogP) is 4.30. The Labute approximate surface area is 169 Å². The minimum Gasteiger partial charge on any atom is -0.497 e. The highest BCUT2D eigenvalue weighted by atomic mass is 16.5. The Morgan fingerprint density at radius 3 is 2.17 bits per heavy atom. The van der Waals surface area contributed by atoms with Crippen molar-refractivity contribution in [1.29, 1.82) is 0 Å². The molecule has 0 radical (unpaired) electrons. The Hall–Kier alpha value is -3.80. The van der Waals surface area contributed by atoms with Crippen LogP contribution in [0, 0.1) is 0 Å². The van der Waals surface area contributed by atoms with E-state index < -0.39 is 6.17 Å². The maximum Gasteiger partial charge on any atom is 0.278 e. The van der Waals surface area contributed by atoms with Gasteiger partial charge in [-0.25, -0.2) is 5.01 Å². The average Bonchev–Trinajstić information content (AvgIpc) is 2.79. The molecule has 1 heterocycles. The fourth-order valence-electron chi connectivity index (χ4n) is 3.19. The monoisotopic (exact) mass is 387 g/mol. The lowest BCUT2D eigenvalue weighted by atomic mass is 10.0. The summed E-state index contributed by atoms with van der Waals surface area (Å²) in [5.41, 5.74) is 3.14. The Morgan fingerprint density at radius 2 is 1.52 bits per heavy atom. The van der Waals surface area contributed by atoms with Crippen molar-refractivity contribution in [3.05, 3.63) is 89.5 Å². The molecule has 1 aliphatic heterocycles. The minimum absolute atomic E-state index is 0.162. The van der Waals surface area contributed by atoms with Crippen molar-refractivity contribution in [2.24, 2.45) is 5.10 Å². The number of benzene rings is 3. The highest BCUT2D eigenvalue weighted by Crippen LogP contribution is 2.33. The second-order valence-electron chi connectivity index (χ2n) is 6.53. The van der Waals surface area contributed by atoms with E-state index in [9.17, 15) is 4.79 Å². The third kappa shape index (κ3) is 3.78. The van der Waals surface area contributed by atoms with Crippen LogP contribution < -0.4 is 14.8 Å². The number of nitrogens with zero attached hydrogens (tertiary/aromatic N) is 2. The molecule has 1 aliphatic rings. The normalized spacial score (nSPS) is 15.7. The summed E-state index contributed by atoms with van der Waals surface area (Å²) >= 11 is 0. The van der Waals surface area contributed by atoms with Crippen LogP contribution in [0.5, 0.6) is 11.5 Å². The van der Waals surface area contributed by atoms with Crippen LogP contribution in [0.2, 0.25) is 0 Å². The molecule has 6 nitrogen and oxygen atoms in total. The molecule has 3 aromatic rings. The van der Waals surface area contributed by atoms with Gasteiger partial charge in [-0.2, -0.15) is 5.10 Å². The van der Waals surface area contributed by atoms with E-state index in [0.717, 1.165) is 28.3 Å². The van der Waals surface area contributed by atoms with Gasteiger partial charge in [0.15, 0.2) is 6.17 Å². The Morgan fingerprint density at radius 1 is 0.897 bits per heavy atom. The standard InChI is InChI=1S/C23H21N3O3/c1-28-18-11-7-16(8-12-18)15-24-26-22(17-9-13-19(29-2)14-10-17)25-21-6-4-3-5-20(21)23(26)27/h3-15,22,25H,1-2H3/b24-15+. The number of para-hydroxylation sites is 1. The maximum atomic E-state index is 13.2. The number of hydrogen-bond acceptors (Lipinski definition) is 5. The largest absolute Gasteiger partial charge is 0.497 e. The number of methoxy groups -OCH3 is 2. The van der Waals surface area contributed by atoms with Crippen LogP contribution in [-0.2, 0) is 0 Å². The summed E-state index contributed by atoms with van der Waals surface area (Å²) in [4.78, 5) is 13.2. The van der Waals surface area contributed by atoms with E-state index in [4.69, 9.17) is 9.47 Å². The molecule has 146 valence electrons. The summed E-state index contributed by atoms with van der Waals surface area (Å²) in [5.74, 6) is 1.36. The van der Waals surface area contributed by atoms with Crippen LogP contribution in [0.1, 0.15) is 27.7 Å². The number of rotatable bonds is 5. The molecule has 0 fully saturated rings. The summed E-state index contributed by atoms with van der Waals surface area (Å²) in [7, 11) is 3.25. The van der Waals surface area contributed by atoms with Crippen molar-refractivity contribution in [2.75, 3.05) is 19.5 Å². The first-order chi connectivity index (χ1) is 14.2. The predicted molar refractivity (Wildman–Crippen MR) is 113 cm³/mol. The van der Waals surface area contributed by atoms with Crippen LogP contribution in [0.3, 0.4) is 0 Å². The zero-order chi connectivity index (χ0) is 20.2. The number of hydrazone groups is 1. The molecular formula is C23H21N3O3. The molecule has 1 atom stereocenters. The molecule has 29 heavy (non-hydrogen) atoms. The first-order valence-corrected chi connectivity index (χ1v) is 9.20. The molecule has 0 bridgehead atoms. The zero-order valence-corrected chi connectivity index (χ0v) is 16.2. The Balaban J connectivity index is 1.69. The molecule has 4 rings (SSSR count). The van der Waals surface area contributed by atoms with E-state index in [1.807, 2.05) is 66.7 Å². The van der Waals surface area contributed by atoms with E-state index in [1.165, 1.54) is 5.01 Å². The van der Waals surface area contributed by atoms with Crippen molar-refractivity contribution < 1.29 is 14.3 Å². The second kappa shape index (κ2) is 8.06. The number of anilines is 1. The number of hydrogen-bond donors (Lipinski definition) is 1. The Kier molecular flexibility index (Phi) is 5.16. The molecular weight excluding hydrogens is 366 g/mol. The summed E-state index contributed by atoms with van der Waals surface area (Å²) in [6.45, 7) is 0. The van der Waals surface area contributed by atoms with Crippen molar-refractivity contribution >= 4 is 17.8 Å². The van der Waals surface area contributed by atoms with E-state index in [2.05, 4.69) is 10.4 Å². The Bertz CT molecular complexity index is 1030. The number of fused-ring (bicyclic) bond motifs is 1. The van der Waals surface area contributed by atoms with Gasteiger partial charge in [0.1, 0.15) is 11.5 Å². The third-order valence-corrected chi connectivity index (χ3v) is 4.78. The molecule has 6 heteroatoms. The lowest BCUT2D eigenvalue weighted by molar-refractivity contribution is 0.0691. The number of nitrogens with one attached hydrogen (secondary N) is 1. The molecule has 0 saturated heterocycles. The summed E-state index contributed by atoms with van der Waals surface area (Å²) < 4.78 is 10.4. The summed E-state index contributed by atoms with van der Waals surface area (Å²) in [5, 5.41) is 9.40. The second-order valence-corrected chi connectivity index (χ2v) is 6.53. The van der Waals surface area contributed by atoms with Gasteiger partial charge in [0.05, 0.1) is 26.0 Å². The van der Waals surface area contributed by atoms with Crippen LogP contribution in [0.15, 0.2) is 77.9 Å². The molecule has 0 aliphatic carbocycles. The highest BCUT2D eigenvalue weighted by molar-refractivity contribution is 6.02. The third-order valence-electron chi connectivity index (χ3n) is 4.78. The molecule has 1 N–H and O–H groups in total. The summed E-state index contributed by atoms with van der Waals surface area (Å²) in [6.07, 6.45) is 1.24. The minimum atomic E-state index is -0.433. The smallest absolute Gasteiger partial charge is 0.278 e. The molecule has 1 unspecified atom stereocenters. The van der Waals surface area contributed by atoms with Gasteiger partial charge >= 0.3 is 0 Å². The lowest BCUT2D eigenvalue weighted by Crippen LogP contribution is -2.39. The van der Waals surface area contributed by atoms with Crippen LogP contribution in [0.25, 0.3) is 0 Å². The number of carbonyl (C=O) groups is 1. The fourth-order valence-corrected chi connectivity index (χ4v) is 3.19. The van der Waals surface area contributed by atoms with Crippen molar-refractivity contribution in [2.45, 2.75) is 6.17 Å². The van der Waals surface area contributed by atoms with Gasteiger partial charge in [-0.05, 0) is 59.7 Å². The van der Waals surface area contributed by atoms with E-state index in [-0.39, 0.29) is 5.91 Å². The highest BCUT2D eigenvalue weighted by Gasteiger charge is 2.32. The van der Waals surface area contributed by atoms with Gasteiger partial charge in [-0.3, -0.25) is 4.79 Å².